The second-order valence-electron chi connectivity index (χ2n) is 3.03. The van der Waals surface area contributed by atoms with E-state index in [4.69, 9.17) is 5.11 Å². The molecule has 2 rings (SSSR count). The average Bonchev–Trinajstić information content (AvgIpc) is 1.51. The summed E-state index contributed by atoms with van der Waals surface area (Å²) in [5, 5.41) is 8.81. The molecule has 2 aliphatic rings. The number of rotatable bonds is 0. The van der Waals surface area contributed by atoms with Crippen LogP contribution in [0.3, 0.4) is 0 Å². The Bertz CT molecular complexity index is 142. The van der Waals surface area contributed by atoms with Crippen molar-refractivity contribution in [3.05, 3.63) is 11.8 Å². The first-order chi connectivity index (χ1) is 3.81. The van der Waals surface area contributed by atoms with Gasteiger partial charge in [0.25, 0.3) is 0 Å². The SMILES string of the molecule is OC1=CC2(CCC2)C1. The molecule has 0 heterocycles. The topological polar surface area (TPSA) is 20.2 Å². The maximum absolute atomic E-state index is 8.81. The molecule has 0 radical (unpaired) electrons. The van der Waals surface area contributed by atoms with E-state index in [0.29, 0.717) is 11.2 Å². The van der Waals surface area contributed by atoms with Crippen LogP contribution in [0, 0.1) is 5.41 Å². The van der Waals surface area contributed by atoms with Gasteiger partial charge >= 0.3 is 0 Å². The molecule has 0 aromatic heterocycles. The van der Waals surface area contributed by atoms with E-state index in [1.807, 2.05) is 6.08 Å². The first-order valence-corrected chi connectivity index (χ1v) is 3.22. The lowest BCUT2D eigenvalue weighted by molar-refractivity contribution is 0.128. The van der Waals surface area contributed by atoms with Gasteiger partial charge in [-0.05, 0) is 24.3 Å². The van der Waals surface area contributed by atoms with Crippen LogP contribution in [0.4, 0.5) is 0 Å². The summed E-state index contributed by atoms with van der Waals surface area (Å²) in [6, 6.07) is 0. The second-order valence-corrected chi connectivity index (χ2v) is 3.03. The Kier molecular flexibility index (Phi) is 0.605. The third-order valence-corrected chi connectivity index (χ3v) is 2.36. The number of hydrogen-bond acceptors (Lipinski definition) is 1. The van der Waals surface area contributed by atoms with E-state index in [0.717, 1.165) is 6.42 Å². The van der Waals surface area contributed by atoms with Crippen LogP contribution in [-0.4, -0.2) is 5.11 Å². The molecule has 0 aromatic carbocycles. The highest BCUT2D eigenvalue weighted by Gasteiger charge is 2.41. The number of allylic oxidation sites excluding steroid dienone is 2. The van der Waals surface area contributed by atoms with E-state index in [9.17, 15) is 0 Å². The number of hydrogen-bond donors (Lipinski definition) is 1. The predicted octanol–water partition coefficient (Wildman–Crippen LogP) is 2.00. The molecular formula is C7H10O. The van der Waals surface area contributed by atoms with Crippen molar-refractivity contribution in [1.29, 1.82) is 0 Å². The van der Waals surface area contributed by atoms with E-state index >= 15 is 0 Å². The lowest BCUT2D eigenvalue weighted by Crippen LogP contribution is -2.33. The quantitative estimate of drug-likeness (QED) is 0.505. The fourth-order valence-corrected chi connectivity index (χ4v) is 1.64. The molecule has 1 spiro atoms. The van der Waals surface area contributed by atoms with E-state index in [1.165, 1.54) is 19.3 Å². The molecule has 8 heavy (non-hydrogen) atoms. The lowest BCUT2D eigenvalue weighted by Gasteiger charge is -2.45. The van der Waals surface area contributed by atoms with Crippen molar-refractivity contribution < 1.29 is 5.11 Å². The Balaban J connectivity index is 2.12. The van der Waals surface area contributed by atoms with E-state index in [2.05, 4.69) is 0 Å². The Morgan fingerprint density at radius 3 is 2.25 bits per heavy atom. The summed E-state index contributed by atoms with van der Waals surface area (Å²) >= 11 is 0. The van der Waals surface area contributed by atoms with Crippen LogP contribution in [0.1, 0.15) is 25.7 Å². The largest absolute Gasteiger partial charge is 0.513 e. The third-order valence-electron chi connectivity index (χ3n) is 2.36. The van der Waals surface area contributed by atoms with E-state index in [1.54, 1.807) is 0 Å². The Labute approximate surface area is 49.0 Å². The van der Waals surface area contributed by atoms with Crippen LogP contribution in [0.2, 0.25) is 0 Å². The van der Waals surface area contributed by atoms with Crippen molar-refractivity contribution >= 4 is 0 Å². The molecule has 1 heteroatoms. The molecule has 0 atom stereocenters. The third kappa shape index (κ3) is 0.371. The van der Waals surface area contributed by atoms with Gasteiger partial charge in [0.2, 0.25) is 0 Å². The standard InChI is InChI=1S/C7H10O/c8-6-4-7(5-6)2-1-3-7/h4,8H,1-3,5H2. The van der Waals surface area contributed by atoms with Gasteiger partial charge in [-0.25, -0.2) is 0 Å². The number of aliphatic hydroxyl groups is 1. The molecule has 1 N–H and O–H groups in total. The summed E-state index contributed by atoms with van der Waals surface area (Å²) in [6.07, 6.45) is 6.99. The average molecular weight is 110 g/mol. The fourth-order valence-electron chi connectivity index (χ4n) is 1.64. The Morgan fingerprint density at radius 1 is 1.50 bits per heavy atom. The Morgan fingerprint density at radius 2 is 2.12 bits per heavy atom. The minimum absolute atomic E-state index is 0.504. The van der Waals surface area contributed by atoms with Crippen molar-refractivity contribution in [2.24, 2.45) is 5.41 Å². The maximum atomic E-state index is 8.81. The van der Waals surface area contributed by atoms with Crippen LogP contribution in [0.5, 0.6) is 0 Å². The molecule has 1 saturated carbocycles. The highest BCUT2D eigenvalue weighted by Crippen LogP contribution is 2.52. The zero-order chi connectivity index (χ0) is 5.61. The molecule has 0 amide bonds. The maximum Gasteiger partial charge on any atom is 0.0897 e. The molecule has 1 fully saturated rings. The van der Waals surface area contributed by atoms with Crippen molar-refractivity contribution in [1.82, 2.24) is 0 Å². The summed E-state index contributed by atoms with van der Waals surface area (Å²) in [7, 11) is 0. The fraction of sp³-hybridized carbons (Fsp3) is 0.714. The molecule has 2 aliphatic carbocycles. The molecule has 0 aromatic rings. The monoisotopic (exact) mass is 110 g/mol. The molecule has 0 saturated heterocycles. The molecule has 0 unspecified atom stereocenters. The van der Waals surface area contributed by atoms with E-state index < -0.39 is 0 Å². The summed E-state index contributed by atoms with van der Waals surface area (Å²) < 4.78 is 0. The number of aliphatic hydroxyl groups excluding tert-OH is 1. The molecule has 44 valence electrons. The van der Waals surface area contributed by atoms with Gasteiger partial charge in [0.05, 0.1) is 5.76 Å². The van der Waals surface area contributed by atoms with Gasteiger partial charge in [0.1, 0.15) is 0 Å². The normalized spacial score (nSPS) is 30.8. The summed E-state index contributed by atoms with van der Waals surface area (Å²) in [5.74, 6) is 0.615. The van der Waals surface area contributed by atoms with Crippen molar-refractivity contribution in [3.8, 4) is 0 Å². The van der Waals surface area contributed by atoms with Crippen LogP contribution < -0.4 is 0 Å². The summed E-state index contributed by atoms with van der Waals surface area (Å²) in [4.78, 5) is 0. The predicted molar refractivity (Wildman–Crippen MR) is 31.6 cm³/mol. The van der Waals surface area contributed by atoms with Gasteiger partial charge in [0, 0.05) is 6.42 Å². The second kappa shape index (κ2) is 1.09. The first kappa shape index (κ1) is 4.42. The molecule has 0 bridgehead atoms. The van der Waals surface area contributed by atoms with Crippen molar-refractivity contribution in [2.45, 2.75) is 25.7 Å². The van der Waals surface area contributed by atoms with Gasteiger partial charge < -0.3 is 5.11 Å². The zero-order valence-corrected chi connectivity index (χ0v) is 4.85. The molecule has 1 nitrogen and oxygen atoms in total. The van der Waals surface area contributed by atoms with Gasteiger partial charge in [-0.15, -0.1) is 0 Å². The van der Waals surface area contributed by atoms with Crippen LogP contribution in [0.25, 0.3) is 0 Å². The molecule has 0 aliphatic heterocycles. The summed E-state index contributed by atoms with van der Waals surface area (Å²) in [5.41, 5.74) is 0.504. The first-order valence-electron chi connectivity index (χ1n) is 3.22. The lowest BCUT2D eigenvalue weighted by atomic mass is 9.60. The zero-order valence-electron chi connectivity index (χ0n) is 4.85. The Hall–Kier alpha value is -0.460. The van der Waals surface area contributed by atoms with Crippen molar-refractivity contribution in [2.75, 3.05) is 0 Å². The van der Waals surface area contributed by atoms with Gasteiger partial charge in [-0.2, -0.15) is 0 Å². The van der Waals surface area contributed by atoms with Crippen molar-refractivity contribution in [3.63, 3.8) is 0 Å². The summed E-state index contributed by atoms with van der Waals surface area (Å²) in [6.45, 7) is 0. The minimum Gasteiger partial charge on any atom is -0.513 e. The van der Waals surface area contributed by atoms with E-state index in [-0.39, 0.29) is 0 Å². The van der Waals surface area contributed by atoms with Crippen LogP contribution in [-0.2, 0) is 0 Å². The van der Waals surface area contributed by atoms with Gasteiger partial charge in [0.15, 0.2) is 0 Å². The van der Waals surface area contributed by atoms with Crippen LogP contribution in [0.15, 0.2) is 11.8 Å². The minimum atomic E-state index is 0.504. The van der Waals surface area contributed by atoms with Gasteiger partial charge in [-0.1, -0.05) is 6.42 Å². The smallest absolute Gasteiger partial charge is 0.0897 e. The van der Waals surface area contributed by atoms with Crippen LogP contribution >= 0.6 is 0 Å². The highest BCUT2D eigenvalue weighted by molar-refractivity contribution is 5.21. The highest BCUT2D eigenvalue weighted by atomic mass is 16.3. The van der Waals surface area contributed by atoms with Gasteiger partial charge in [-0.3, -0.25) is 0 Å². The molecular weight excluding hydrogens is 100 g/mol.